The van der Waals surface area contributed by atoms with Crippen LogP contribution in [0.4, 0.5) is 11.4 Å². The fourth-order valence-corrected chi connectivity index (χ4v) is 1.72. The molecule has 0 saturated carbocycles. The fourth-order valence-electron chi connectivity index (χ4n) is 1.72. The Hall–Kier alpha value is -1.77. The zero-order chi connectivity index (χ0) is 11.0. The van der Waals surface area contributed by atoms with E-state index in [0.717, 1.165) is 28.0 Å². The minimum Gasteiger partial charge on any atom is -0.399 e. The average Bonchev–Trinajstić information content (AvgIpc) is 2.17. The van der Waals surface area contributed by atoms with Crippen molar-refractivity contribution in [2.24, 2.45) is 0 Å². The molecule has 0 fully saturated rings. The summed E-state index contributed by atoms with van der Waals surface area (Å²) in [6, 6.07) is 7.89. The van der Waals surface area contributed by atoms with Crippen molar-refractivity contribution in [1.29, 1.82) is 0 Å². The number of hydrogen-bond acceptors (Lipinski definition) is 3. The largest absolute Gasteiger partial charge is 0.399 e. The van der Waals surface area contributed by atoms with E-state index >= 15 is 0 Å². The molecule has 0 aliphatic heterocycles. The first-order valence-corrected chi connectivity index (χ1v) is 4.92. The van der Waals surface area contributed by atoms with Gasteiger partial charge in [0.05, 0.1) is 5.52 Å². The Morgan fingerprint density at radius 1 is 1.20 bits per heavy atom. The van der Waals surface area contributed by atoms with Crippen LogP contribution in [0, 0.1) is 6.92 Å². The summed E-state index contributed by atoms with van der Waals surface area (Å²) in [4.78, 5) is 6.56. The Kier molecular flexibility index (Phi) is 2.23. The molecule has 78 valence electrons. The SMILES string of the molecule is Cc1cc(N(C)C)c2cc(N)ccc2n1. The number of hydrogen-bond donors (Lipinski definition) is 1. The predicted molar refractivity (Wildman–Crippen MR) is 65.2 cm³/mol. The van der Waals surface area contributed by atoms with Crippen LogP contribution in [0.3, 0.4) is 0 Å². The van der Waals surface area contributed by atoms with Gasteiger partial charge < -0.3 is 10.6 Å². The van der Waals surface area contributed by atoms with Crippen molar-refractivity contribution >= 4 is 22.3 Å². The van der Waals surface area contributed by atoms with E-state index in [9.17, 15) is 0 Å². The Bertz CT molecular complexity index is 503. The zero-order valence-corrected chi connectivity index (χ0v) is 9.28. The Morgan fingerprint density at radius 2 is 1.93 bits per heavy atom. The molecule has 0 bridgehead atoms. The average molecular weight is 201 g/mol. The third-order valence-electron chi connectivity index (χ3n) is 2.42. The summed E-state index contributed by atoms with van der Waals surface area (Å²) < 4.78 is 0. The summed E-state index contributed by atoms with van der Waals surface area (Å²) in [6.07, 6.45) is 0. The highest BCUT2D eigenvalue weighted by Gasteiger charge is 2.05. The molecule has 1 aromatic carbocycles. The summed E-state index contributed by atoms with van der Waals surface area (Å²) >= 11 is 0. The van der Waals surface area contributed by atoms with Gasteiger partial charge in [-0.1, -0.05) is 0 Å². The normalized spacial score (nSPS) is 10.6. The molecular weight excluding hydrogens is 186 g/mol. The molecule has 3 heteroatoms. The van der Waals surface area contributed by atoms with Gasteiger partial charge >= 0.3 is 0 Å². The third kappa shape index (κ3) is 1.73. The first-order valence-electron chi connectivity index (χ1n) is 4.92. The number of benzene rings is 1. The van der Waals surface area contributed by atoms with E-state index in [1.807, 2.05) is 39.2 Å². The van der Waals surface area contributed by atoms with Crippen LogP contribution in [0.2, 0.25) is 0 Å². The maximum absolute atomic E-state index is 5.78. The van der Waals surface area contributed by atoms with Gasteiger partial charge in [0.1, 0.15) is 0 Å². The molecule has 2 aromatic rings. The van der Waals surface area contributed by atoms with Crippen LogP contribution in [-0.4, -0.2) is 19.1 Å². The molecule has 0 saturated heterocycles. The number of pyridine rings is 1. The molecule has 3 nitrogen and oxygen atoms in total. The Labute approximate surface area is 89.5 Å². The van der Waals surface area contributed by atoms with E-state index in [-0.39, 0.29) is 0 Å². The summed E-state index contributed by atoms with van der Waals surface area (Å²) in [5.41, 5.74) is 9.73. The second kappa shape index (κ2) is 3.42. The number of aromatic nitrogens is 1. The topological polar surface area (TPSA) is 42.1 Å². The molecule has 0 amide bonds. The number of aryl methyl sites for hydroxylation is 1. The Balaban J connectivity index is 2.81. The van der Waals surface area contributed by atoms with Gasteiger partial charge in [0, 0.05) is 36.6 Å². The highest BCUT2D eigenvalue weighted by molar-refractivity contribution is 5.93. The molecule has 2 N–H and O–H groups in total. The van der Waals surface area contributed by atoms with E-state index in [1.165, 1.54) is 0 Å². The van der Waals surface area contributed by atoms with Gasteiger partial charge in [-0.05, 0) is 31.2 Å². The number of fused-ring (bicyclic) bond motifs is 1. The third-order valence-corrected chi connectivity index (χ3v) is 2.42. The maximum atomic E-state index is 5.78. The molecule has 0 aliphatic rings. The van der Waals surface area contributed by atoms with Crippen LogP contribution < -0.4 is 10.6 Å². The lowest BCUT2D eigenvalue weighted by molar-refractivity contribution is 1.12. The van der Waals surface area contributed by atoms with E-state index in [4.69, 9.17) is 5.73 Å². The van der Waals surface area contributed by atoms with E-state index in [2.05, 4.69) is 16.0 Å². The first-order chi connectivity index (χ1) is 7.08. The van der Waals surface area contributed by atoms with Crippen LogP contribution >= 0.6 is 0 Å². The van der Waals surface area contributed by atoms with Crippen LogP contribution in [0.1, 0.15) is 5.69 Å². The van der Waals surface area contributed by atoms with Gasteiger partial charge in [-0.2, -0.15) is 0 Å². The summed E-state index contributed by atoms with van der Waals surface area (Å²) in [5.74, 6) is 0. The van der Waals surface area contributed by atoms with Gasteiger partial charge in [0.15, 0.2) is 0 Å². The van der Waals surface area contributed by atoms with Gasteiger partial charge in [-0.3, -0.25) is 4.98 Å². The maximum Gasteiger partial charge on any atom is 0.0727 e. The molecule has 0 unspecified atom stereocenters. The first kappa shape index (κ1) is 9.77. The molecule has 0 radical (unpaired) electrons. The summed E-state index contributed by atoms with van der Waals surface area (Å²) in [7, 11) is 4.05. The molecule has 0 atom stereocenters. The molecule has 0 aliphatic carbocycles. The number of anilines is 2. The minimum atomic E-state index is 0.774. The molecule has 1 heterocycles. The standard InChI is InChI=1S/C12H15N3/c1-8-6-12(15(2)3)10-7-9(13)4-5-11(10)14-8/h4-7H,13H2,1-3H3. The smallest absolute Gasteiger partial charge is 0.0727 e. The molecule has 2 rings (SSSR count). The molecule has 1 aromatic heterocycles. The minimum absolute atomic E-state index is 0.774. The summed E-state index contributed by atoms with van der Waals surface area (Å²) in [5, 5.41) is 1.10. The predicted octanol–water partition coefficient (Wildman–Crippen LogP) is 2.19. The van der Waals surface area contributed by atoms with Crippen molar-refractivity contribution < 1.29 is 0 Å². The fraction of sp³-hybridized carbons (Fsp3) is 0.250. The number of nitrogen functional groups attached to an aromatic ring is 1. The molecular formula is C12H15N3. The van der Waals surface area contributed by atoms with Crippen molar-refractivity contribution in [3.8, 4) is 0 Å². The number of nitrogens with zero attached hydrogens (tertiary/aromatic N) is 2. The molecule has 15 heavy (non-hydrogen) atoms. The van der Waals surface area contributed by atoms with Crippen LogP contribution in [0.5, 0.6) is 0 Å². The van der Waals surface area contributed by atoms with Crippen LogP contribution in [0.25, 0.3) is 10.9 Å². The van der Waals surface area contributed by atoms with Crippen LogP contribution in [0.15, 0.2) is 24.3 Å². The second-order valence-electron chi connectivity index (χ2n) is 3.95. The number of rotatable bonds is 1. The van der Waals surface area contributed by atoms with Crippen molar-refractivity contribution in [3.63, 3.8) is 0 Å². The van der Waals surface area contributed by atoms with Gasteiger partial charge in [0.25, 0.3) is 0 Å². The highest BCUT2D eigenvalue weighted by Crippen LogP contribution is 2.26. The van der Waals surface area contributed by atoms with Crippen molar-refractivity contribution in [2.75, 3.05) is 24.7 Å². The monoisotopic (exact) mass is 201 g/mol. The van der Waals surface area contributed by atoms with E-state index in [1.54, 1.807) is 0 Å². The second-order valence-corrected chi connectivity index (χ2v) is 3.95. The number of nitrogens with two attached hydrogens (primary N) is 1. The lowest BCUT2D eigenvalue weighted by Crippen LogP contribution is -2.10. The highest BCUT2D eigenvalue weighted by atomic mass is 15.1. The van der Waals surface area contributed by atoms with Crippen molar-refractivity contribution in [3.05, 3.63) is 30.0 Å². The Morgan fingerprint density at radius 3 is 2.60 bits per heavy atom. The molecule has 0 spiro atoms. The lowest BCUT2D eigenvalue weighted by atomic mass is 10.1. The van der Waals surface area contributed by atoms with Crippen LogP contribution in [-0.2, 0) is 0 Å². The quantitative estimate of drug-likeness (QED) is 0.719. The van der Waals surface area contributed by atoms with Gasteiger partial charge in [-0.25, -0.2) is 0 Å². The lowest BCUT2D eigenvalue weighted by Gasteiger charge is -2.16. The van der Waals surface area contributed by atoms with Gasteiger partial charge in [-0.15, -0.1) is 0 Å². The van der Waals surface area contributed by atoms with Crippen molar-refractivity contribution in [2.45, 2.75) is 6.92 Å². The van der Waals surface area contributed by atoms with Crippen molar-refractivity contribution in [1.82, 2.24) is 4.98 Å². The van der Waals surface area contributed by atoms with E-state index < -0.39 is 0 Å². The zero-order valence-electron chi connectivity index (χ0n) is 9.28. The van der Waals surface area contributed by atoms with E-state index in [0.29, 0.717) is 0 Å². The summed E-state index contributed by atoms with van der Waals surface area (Å²) in [6.45, 7) is 2.00. The van der Waals surface area contributed by atoms with Gasteiger partial charge in [0.2, 0.25) is 0 Å².